The topological polar surface area (TPSA) is 3.88 Å². The molecule has 0 spiro atoms. The van der Waals surface area contributed by atoms with Crippen LogP contribution in [0.1, 0.15) is 25.8 Å². The summed E-state index contributed by atoms with van der Waals surface area (Å²) in [5, 5.41) is 3.55. The third-order valence-corrected chi connectivity index (χ3v) is 2.81. The first-order valence-corrected chi connectivity index (χ1v) is 4.33. The zero-order chi connectivity index (χ0) is 7.78. The fourth-order valence-electron chi connectivity index (χ4n) is 1.04. The molecule has 0 N–H and O–H groups in total. The molecular weight excluding hydrogens is 269 g/mol. The third kappa shape index (κ3) is 2.71. The van der Waals surface area contributed by atoms with Gasteiger partial charge >= 0.3 is 0 Å². The number of aryl methyl sites for hydroxylation is 1. The van der Waals surface area contributed by atoms with Crippen molar-refractivity contribution in [2.75, 3.05) is 0 Å². The molecule has 0 atom stereocenters. The van der Waals surface area contributed by atoms with Gasteiger partial charge in [0, 0.05) is 0 Å². The molecule has 0 fully saturated rings. The van der Waals surface area contributed by atoms with Crippen LogP contribution in [0.15, 0.2) is 11.6 Å². The highest BCUT2D eigenvalue weighted by Gasteiger charge is 2.24. The average Bonchev–Trinajstić information content (AvgIpc) is 2.11. The molecule has 11 heavy (non-hydrogen) atoms. The Labute approximate surface area is 89.5 Å². The smallest absolute Gasteiger partial charge is 0.242 e. The highest BCUT2D eigenvalue weighted by Crippen LogP contribution is 2.21. The zero-order valence-electron chi connectivity index (χ0n) is 7.39. The fraction of sp³-hybridized carbons (Fsp3) is 0.625. The second kappa shape index (κ2) is 3.85. The minimum atomic E-state index is 0. The molecule has 1 heterocycles. The van der Waals surface area contributed by atoms with Crippen LogP contribution >= 0.6 is 11.3 Å². The van der Waals surface area contributed by atoms with Gasteiger partial charge < -0.3 is 24.0 Å². The molecule has 0 aliphatic carbocycles. The van der Waals surface area contributed by atoms with Gasteiger partial charge in [0.2, 0.25) is 5.01 Å². The lowest BCUT2D eigenvalue weighted by Crippen LogP contribution is -3.00. The Morgan fingerprint density at radius 2 is 1.91 bits per heavy atom. The lowest BCUT2D eigenvalue weighted by molar-refractivity contribution is -0.677. The van der Waals surface area contributed by atoms with Crippen LogP contribution < -0.4 is 28.5 Å². The van der Waals surface area contributed by atoms with Crippen LogP contribution in [0.4, 0.5) is 0 Å². The van der Waals surface area contributed by atoms with Crippen molar-refractivity contribution in [3.8, 4) is 0 Å². The van der Waals surface area contributed by atoms with Crippen LogP contribution in [0.25, 0.3) is 0 Å². The summed E-state index contributed by atoms with van der Waals surface area (Å²) in [7, 11) is 2.09. The van der Waals surface area contributed by atoms with Crippen LogP contribution in [0.2, 0.25) is 0 Å². The van der Waals surface area contributed by atoms with Gasteiger partial charge in [-0.2, -0.15) is 4.57 Å². The Hall–Kier alpha value is 0.360. The van der Waals surface area contributed by atoms with Crippen molar-refractivity contribution in [3.05, 3.63) is 16.6 Å². The second-order valence-corrected chi connectivity index (χ2v) is 4.46. The maximum absolute atomic E-state index is 2.23. The normalized spacial score (nSPS) is 10.9. The number of rotatable bonds is 0. The number of hydrogen-bond donors (Lipinski definition) is 0. The number of thiazole rings is 1. The number of aromatic nitrogens is 1. The van der Waals surface area contributed by atoms with Crippen molar-refractivity contribution >= 4 is 11.3 Å². The summed E-state index contributed by atoms with van der Waals surface area (Å²) in [4.78, 5) is 0. The lowest BCUT2D eigenvalue weighted by Gasteiger charge is -2.10. The highest BCUT2D eigenvalue weighted by molar-refractivity contribution is 7.09. The maximum Gasteiger partial charge on any atom is 0.242 e. The van der Waals surface area contributed by atoms with E-state index in [-0.39, 0.29) is 24.0 Å². The standard InChI is InChI=1S/C8H14NS.HI/c1-8(2,3)7-9(4)5-6-10-7;/h5-6H,1-4H3;1H/q+1;/p-1. The van der Waals surface area contributed by atoms with E-state index in [0.29, 0.717) is 5.41 Å². The van der Waals surface area contributed by atoms with E-state index in [1.54, 1.807) is 0 Å². The van der Waals surface area contributed by atoms with Gasteiger partial charge in [0.15, 0.2) is 6.20 Å². The van der Waals surface area contributed by atoms with Gasteiger partial charge in [-0.3, -0.25) is 0 Å². The number of halogens is 1. The maximum atomic E-state index is 2.23. The molecule has 0 saturated heterocycles. The molecule has 1 aromatic rings. The predicted molar refractivity (Wildman–Crippen MR) is 44.2 cm³/mol. The van der Waals surface area contributed by atoms with Crippen LogP contribution in [-0.2, 0) is 12.5 Å². The lowest BCUT2D eigenvalue weighted by atomic mass is 9.98. The van der Waals surface area contributed by atoms with E-state index < -0.39 is 0 Å². The van der Waals surface area contributed by atoms with Gasteiger partial charge in [-0.25, -0.2) is 0 Å². The average molecular weight is 283 g/mol. The molecular formula is C8H14INS. The monoisotopic (exact) mass is 283 g/mol. The molecule has 64 valence electrons. The SMILES string of the molecule is C[n+]1ccsc1C(C)(C)C.[I-]. The van der Waals surface area contributed by atoms with E-state index in [2.05, 4.69) is 44.0 Å². The van der Waals surface area contributed by atoms with E-state index in [9.17, 15) is 0 Å². The van der Waals surface area contributed by atoms with E-state index in [1.807, 2.05) is 11.3 Å². The van der Waals surface area contributed by atoms with Crippen molar-refractivity contribution in [3.63, 3.8) is 0 Å². The van der Waals surface area contributed by atoms with Gasteiger partial charge in [0.1, 0.15) is 7.05 Å². The Morgan fingerprint density at radius 1 is 1.36 bits per heavy atom. The van der Waals surface area contributed by atoms with Crippen molar-refractivity contribution in [2.45, 2.75) is 26.2 Å². The van der Waals surface area contributed by atoms with Crippen LogP contribution in [0, 0.1) is 0 Å². The summed E-state index contributed by atoms with van der Waals surface area (Å²) in [6, 6.07) is 0. The predicted octanol–water partition coefficient (Wildman–Crippen LogP) is -1.13. The molecule has 3 heteroatoms. The molecule has 0 aliphatic rings. The summed E-state index contributed by atoms with van der Waals surface area (Å²) in [5.74, 6) is 0. The van der Waals surface area contributed by atoms with Gasteiger partial charge in [0.25, 0.3) is 0 Å². The van der Waals surface area contributed by atoms with Crippen molar-refractivity contribution in [2.24, 2.45) is 7.05 Å². The quantitative estimate of drug-likeness (QED) is 0.419. The van der Waals surface area contributed by atoms with E-state index >= 15 is 0 Å². The summed E-state index contributed by atoms with van der Waals surface area (Å²) < 4.78 is 2.19. The van der Waals surface area contributed by atoms with Gasteiger partial charge in [-0.15, -0.1) is 0 Å². The van der Waals surface area contributed by atoms with E-state index in [4.69, 9.17) is 0 Å². The molecule has 0 radical (unpaired) electrons. The molecule has 0 amide bonds. The van der Waals surface area contributed by atoms with Crippen molar-refractivity contribution < 1.29 is 28.5 Å². The first-order valence-electron chi connectivity index (χ1n) is 3.45. The molecule has 0 bridgehead atoms. The Kier molecular flexibility index (Phi) is 3.97. The van der Waals surface area contributed by atoms with Gasteiger partial charge in [-0.1, -0.05) is 11.3 Å². The molecule has 0 saturated carbocycles. The summed E-state index contributed by atoms with van der Waals surface area (Å²) in [5.41, 5.74) is 0.295. The summed E-state index contributed by atoms with van der Waals surface area (Å²) >= 11 is 1.82. The zero-order valence-corrected chi connectivity index (χ0v) is 10.4. The Morgan fingerprint density at radius 3 is 2.09 bits per heavy atom. The summed E-state index contributed by atoms with van der Waals surface area (Å²) in [6.07, 6.45) is 2.10. The first kappa shape index (κ1) is 11.4. The molecule has 0 unspecified atom stereocenters. The Bertz CT molecular complexity index is 224. The largest absolute Gasteiger partial charge is 1.00 e. The number of nitrogens with zero attached hydrogens (tertiary/aromatic N) is 1. The van der Waals surface area contributed by atoms with E-state index in [1.165, 1.54) is 5.01 Å². The van der Waals surface area contributed by atoms with Gasteiger partial charge in [0.05, 0.1) is 10.8 Å². The van der Waals surface area contributed by atoms with Crippen molar-refractivity contribution in [1.29, 1.82) is 0 Å². The minimum absolute atomic E-state index is 0. The van der Waals surface area contributed by atoms with Crippen LogP contribution in [0.5, 0.6) is 0 Å². The molecule has 0 aliphatic heterocycles. The molecule has 0 aromatic carbocycles. The van der Waals surface area contributed by atoms with Crippen molar-refractivity contribution in [1.82, 2.24) is 0 Å². The highest BCUT2D eigenvalue weighted by atomic mass is 127. The molecule has 1 nitrogen and oxygen atoms in total. The third-order valence-electron chi connectivity index (χ3n) is 1.43. The molecule has 1 aromatic heterocycles. The van der Waals surface area contributed by atoms with E-state index in [0.717, 1.165) is 0 Å². The first-order chi connectivity index (χ1) is 4.52. The van der Waals surface area contributed by atoms with Crippen LogP contribution in [0.3, 0.4) is 0 Å². The van der Waals surface area contributed by atoms with Crippen LogP contribution in [-0.4, -0.2) is 0 Å². The fourth-order valence-corrected chi connectivity index (χ4v) is 2.00. The minimum Gasteiger partial charge on any atom is -1.00 e. The second-order valence-electron chi connectivity index (χ2n) is 3.57. The van der Waals surface area contributed by atoms with Gasteiger partial charge in [-0.05, 0) is 20.8 Å². The Balaban J connectivity index is 0.000001000. The number of hydrogen-bond acceptors (Lipinski definition) is 1. The molecule has 1 rings (SSSR count). The summed E-state index contributed by atoms with van der Waals surface area (Å²) in [6.45, 7) is 6.70.